The first-order valence-corrected chi connectivity index (χ1v) is 13.2. The van der Waals surface area contributed by atoms with Crippen molar-refractivity contribution in [2.45, 2.75) is 11.4 Å². The van der Waals surface area contributed by atoms with Gasteiger partial charge in [0.1, 0.15) is 5.82 Å². The zero-order chi connectivity index (χ0) is 23.8. The summed E-state index contributed by atoms with van der Waals surface area (Å²) in [5, 5.41) is 1.39. The number of thioether (sulfide) groups is 2. The Labute approximate surface area is 215 Å². The van der Waals surface area contributed by atoms with Crippen LogP contribution in [0.25, 0.3) is 17.0 Å². The van der Waals surface area contributed by atoms with E-state index in [1.54, 1.807) is 22.7 Å². The molecule has 3 nitrogen and oxygen atoms in total. The van der Waals surface area contributed by atoms with Crippen LogP contribution in [0.4, 0.5) is 10.1 Å². The van der Waals surface area contributed by atoms with Crippen molar-refractivity contribution in [3.63, 3.8) is 0 Å². The topological polar surface area (TPSA) is 25.2 Å². The van der Waals surface area contributed by atoms with E-state index in [1.807, 2.05) is 67.1 Å². The summed E-state index contributed by atoms with van der Waals surface area (Å²) in [6.45, 7) is 0.482. The number of para-hydroxylation sites is 1. The van der Waals surface area contributed by atoms with Gasteiger partial charge >= 0.3 is 0 Å². The lowest BCUT2D eigenvalue weighted by Gasteiger charge is -2.15. The van der Waals surface area contributed by atoms with Crippen LogP contribution in [0.2, 0.25) is 5.02 Å². The Hall–Kier alpha value is -2.58. The van der Waals surface area contributed by atoms with Gasteiger partial charge in [-0.15, -0.1) is 11.8 Å². The van der Waals surface area contributed by atoms with E-state index in [-0.39, 0.29) is 11.7 Å². The standard InChI is InChI=1S/C26H18ClFN2OS3/c1-33-20-6-4-5-19(13-20)30-25(31)24(34-26(30)32)11-17-15-29(23-8-3-2-7-21(17)23)14-16-9-10-18(28)12-22(16)27/h2-13,15H,14H2,1H3/b24-11-. The molecule has 1 amide bonds. The highest BCUT2D eigenvalue weighted by atomic mass is 35.5. The highest BCUT2D eigenvalue weighted by Crippen LogP contribution is 2.38. The molecule has 34 heavy (non-hydrogen) atoms. The molecular formula is C26H18ClFN2OS3. The van der Waals surface area contributed by atoms with Crippen LogP contribution in [0.1, 0.15) is 11.1 Å². The first-order chi connectivity index (χ1) is 16.4. The van der Waals surface area contributed by atoms with Gasteiger partial charge in [-0.25, -0.2) is 4.39 Å². The third-order valence-electron chi connectivity index (χ3n) is 5.57. The van der Waals surface area contributed by atoms with E-state index in [1.165, 1.54) is 23.9 Å². The second kappa shape index (κ2) is 9.58. The van der Waals surface area contributed by atoms with Gasteiger partial charge in [-0.1, -0.05) is 65.9 Å². The highest BCUT2D eigenvalue weighted by molar-refractivity contribution is 8.27. The lowest BCUT2D eigenvalue weighted by molar-refractivity contribution is -0.113. The molecule has 0 unspecified atom stereocenters. The van der Waals surface area contributed by atoms with E-state index < -0.39 is 0 Å². The van der Waals surface area contributed by atoms with E-state index in [0.29, 0.717) is 20.8 Å². The minimum atomic E-state index is -0.364. The van der Waals surface area contributed by atoms with Crippen LogP contribution >= 0.6 is 47.3 Å². The lowest BCUT2D eigenvalue weighted by Crippen LogP contribution is -2.27. The van der Waals surface area contributed by atoms with Crippen molar-refractivity contribution in [1.82, 2.24) is 4.57 Å². The molecule has 1 aliphatic rings. The molecule has 1 fully saturated rings. The van der Waals surface area contributed by atoms with Crippen molar-refractivity contribution in [2.75, 3.05) is 11.2 Å². The molecule has 1 aliphatic heterocycles. The summed E-state index contributed by atoms with van der Waals surface area (Å²) in [6, 6.07) is 20.2. The maximum atomic E-state index is 13.5. The molecule has 0 radical (unpaired) electrons. The molecule has 170 valence electrons. The second-order valence-electron chi connectivity index (χ2n) is 7.68. The number of nitrogens with zero attached hydrogens (tertiary/aromatic N) is 2. The first-order valence-electron chi connectivity index (χ1n) is 10.4. The number of fused-ring (bicyclic) bond motifs is 1. The van der Waals surface area contributed by atoms with Gasteiger partial charge in [-0.3, -0.25) is 9.69 Å². The summed E-state index contributed by atoms with van der Waals surface area (Å²) in [5.74, 6) is -0.497. The number of halogens is 2. The summed E-state index contributed by atoms with van der Waals surface area (Å²) in [5.41, 5.74) is 3.49. The van der Waals surface area contributed by atoms with Gasteiger partial charge in [0, 0.05) is 39.1 Å². The smallest absolute Gasteiger partial charge is 0.270 e. The average molecular weight is 525 g/mol. The maximum absolute atomic E-state index is 13.5. The average Bonchev–Trinajstić information content (AvgIpc) is 3.32. The van der Waals surface area contributed by atoms with Gasteiger partial charge in [-0.05, 0) is 54.3 Å². The van der Waals surface area contributed by atoms with Crippen LogP contribution in [0, 0.1) is 5.82 Å². The first kappa shape index (κ1) is 23.2. The van der Waals surface area contributed by atoms with Crippen molar-refractivity contribution in [3.05, 3.63) is 99.8 Å². The third kappa shape index (κ3) is 4.41. The molecule has 0 atom stereocenters. The van der Waals surface area contributed by atoms with Gasteiger partial charge in [0.05, 0.1) is 10.6 Å². The van der Waals surface area contributed by atoms with Crippen LogP contribution in [0.15, 0.2) is 82.7 Å². The van der Waals surface area contributed by atoms with Crippen molar-refractivity contribution >= 4 is 80.2 Å². The van der Waals surface area contributed by atoms with Crippen LogP contribution in [0.3, 0.4) is 0 Å². The number of hydrogen-bond acceptors (Lipinski definition) is 4. The van der Waals surface area contributed by atoms with Gasteiger partial charge in [0.2, 0.25) is 0 Å². The Kier molecular flexibility index (Phi) is 6.53. The number of anilines is 1. The van der Waals surface area contributed by atoms with Crippen molar-refractivity contribution < 1.29 is 9.18 Å². The predicted octanol–water partition coefficient (Wildman–Crippen LogP) is 7.61. The molecule has 0 aliphatic carbocycles. The van der Waals surface area contributed by atoms with E-state index in [2.05, 4.69) is 4.57 Å². The van der Waals surface area contributed by atoms with Crippen molar-refractivity contribution in [2.24, 2.45) is 0 Å². The molecular weight excluding hydrogens is 507 g/mol. The fraction of sp³-hybridized carbons (Fsp3) is 0.0769. The number of carbonyl (C=O) groups is 1. The number of carbonyl (C=O) groups excluding carboxylic acids is 1. The minimum absolute atomic E-state index is 0.133. The van der Waals surface area contributed by atoms with E-state index >= 15 is 0 Å². The van der Waals surface area contributed by atoms with Crippen LogP contribution in [-0.4, -0.2) is 21.1 Å². The number of thiocarbonyl (C=S) groups is 1. The number of aromatic nitrogens is 1. The SMILES string of the molecule is CSc1cccc(N2C(=O)/C(=C/c3cn(Cc4ccc(F)cc4Cl)c4ccccc34)SC2=S)c1. The van der Waals surface area contributed by atoms with Gasteiger partial charge < -0.3 is 4.57 Å². The number of hydrogen-bond donors (Lipinski definition) is 0. The molecule has 0 saturated carbocycles. The molecule has 0 spiro atoms. The zero-order valence-corrected chi connectivity index (χ0v) is 21.2. The minimum Gasteiger partial charge on any atom is -0.342 e. The summed E-state index contributed by atoms with van der Waals surface area (Å²) >= 11 is 14.7. The second-order valence-corrected chi connectivity index (χ2v) is 10.6. The normalized spacial score (nSPS) is 15.1. The molecule has 2 heterocycles. The fourth-order valence-corrected chi connectivity index (χ4v) is 5.91. The van der Waals surface area contributed by atoms with E-state index in [4.69, 9.17) is 23.8 Å². The summed E-state index contributed by atoms with van der Waals surface area (Å²) < 4.78 is 16.1. The molecule has 5 rings (SSSR count). The molecule has 4 aromatic rings. The van der Waals surface area contributed by atoms with E-state index in [9.17, 15) is 9.18 Å². The van der Waals surface area contributed by atoms with Crippen LogP contribution in [-0.2, 0) is 11.3 Å². The quantitative estimate of drug-likeness (QED) is 0.152. The Morgan fingerprint density at radius 3 is 2.74 bits per heavy atom. The van der Waals surface area contributed by atoms with Crippen LogP contribution < -0.4 is 4.90 Å². The molecule has 0 N–H and O–H groups in total. The van der Waals surface area contributed by atoms with Crippen molar-refractivity contribution in [3.8, 4) is 0 Å². The Morgan fingerprint density at radius 1 is 1.12 bits per heavy atom. The van der Waals surface area contributed by atoms with Gasteiger partial charge in [0.25, 0.3) is 5.91 Å². The molecule has 8 heteroatoms. The zero-order valence-electron chi connectivity index (χ0n) is 18.0. The Morgan fingerprint density at radius 2 is 1.94 bits per heavy atom. The monoisotopic (exact) mass is 524 g/mol. The van der Waals surface area contributed by atoms with Gasteiger partial charge in [0.15, 0.2) is 4.32 Å². The number of rotatable bonds is 5. The maximum Gasteiger partial charge on any atom is 0.270 e. The number of benzene rings is 3. The lowest BCUT2D eigenvalue weighted by atomic mass is 10.1. The fourth-order valence-electron chi connectivity index (χ4n) is 3.94. The van der Waals surface area contributed by atoms with Crippen LogP contribution in [0.5, 0.6) is 0 Å². The summed E-state index contributed by atoms with van der Waals surface area (Å²) in [7, 11) is 0. The largest absolute Gasteiger partial charge is 0.342 e. The molecule has 1 saturated heterocycles. The molecule has 1 aromatic heterocycles. The summed E-state index contributed by atoms with van der Waals surface area (Å²) in [4.78, 5) is 16.5. The number of amides is 1. The van der Waals surface area contributed by atoms with Crippen molar-refractivity contribution in [1.29, 1.82) is 0 Å². The molecule has 3 aromatic carbocycles. The predicted molar refractivity (Wildman–Crippen MR) is 146 cm³/mol. The third-order valence-corrected chi connectivity index (χ3v) is 7.95. The Bertz CT molecular complexity index is 1480. The highest BCUT2D eigenvalue weighted by Gasteiger charge is 2.33. The molecule has 0 bridgehead atoms. The summed E-state index contributed by atoms with van der Waals surface area (Å²) in [6.07, 6.45) is 5.88. The van der Waals surface area contributed by atoms with E-state index in [0.717, 1.165) is 32.6 Å². The Balaban J connectivity index is 1.52. The van der Waals surface area contributed by atoms with Gasteiger partial charge in [-0.2, -0.15) is 0 Å².